The van der Waals surface area contributed by atoms with Crippen molar-refractivity contribution in [2.75, 3.05) is 89.6 Å². The molecule has 98 heavy (non-hydrogen) atoms. The van der Waals surface area contributed by atoms with Gasteiger partial charge in [-0.15, -0.1) is 0 Å². The summed E-state index contributed by atoms with van der Waals surface area (Å²) in [5.41, 5.74) is -0.834. The van der Waals surface area contributed by atoms with Crippen molar-refractivity contribution in [2.45, 2.75) is 191 Å². The topological polar surface area (TPSA) is 270 Å². The summed E-state index contributed by atoms with van der Waals surface area (Å²) < 4.78 is 41.5. The van der Waals surface area contributed by atoms with Gasteiger partial charge in [0.15, 0.2) is 0 Å². The number of nitrogens with zero attached hydrogens (tertiary/aromatic N) is 9. The van der Waals surface area contributed by atoms with Gasteiger partial charge in [0.1, 0.15) is 47.8 Å². The van der Waals surface area contributed by atoms with E-state index in [1.165, 1.54) is 94.0 Å². The highest BCUT2D eigenvalue weighted by atomic mass is 35.5. The van der Waals surface area contributed by atoms with E-state index in [0.29, 0.717) is 44.1 Å². The van der Waals surface area contributed by atoms with Crippen LogP contribution in [-0.2, 0) is 76.6 Å². The normalized spacial score (nSPS) is 25.0. The smallest absolute Gasteiger partial charge is 0.347 e. The number of fused-ring (bicyclic) bond motifs is 1. The Labute approximate surface area is 579 Å². The Kier molecular flexibility index (Phi) is 27.7. The molecular formula is C70H102ClF3N12O12. The fourth-order valence-corrected chi connectivity index (χ4v) is 14.1. The SMILES string of the molecule is CC[C@H](C)[C@@H]1NC(=O)[C@H](CC(C)C)N(C)C(=O)C[C@@H](C(=O)N(C)C)N(C)C(=O)[C@H](C2CCCC2)N(C)C(=O)C2(CCCC2)NC(=O)C2CCCN2C(=O)[C@H](CCc2ccc(C(F)(F)F)c(Cl)c2)NC(=O)CN(C)C(=O)[C@H](Cc2ccc(C)cc2)N(C)C(=O)CN(C)C(=O)CN(C)C1=O. The van der Waals surface area contributed by atoms with Gasteiger partial charge in [-0.1, -0.05) is 107 Å². The van der Waals surface area contributed by atoms with Gasteiger partial charge in [0.05, 0.1) is 36.6 Å². The Morgan fingerprint density at radius 3 is 1.84 bits per heavy atom. The van der Waals surface area contributed by atoms with Crippen LogP contribution in [0.25, 0.3) is 0 Å². The summed E-state index contributed by atoms with van der Waals surface area (Å²) in [6.07, 6.45) is -0.952. The van der Waals surface area contributed by atoms with E-state index in [9.17, 15) is 51.5 Å². The summed E-state index contributed by atoms with van der Waals surface area (Å²) in [6.45, 7) is 7.32. The number of alkyl halides is 3. The minimum atomic E-state index is -4.77. The van der Waals surface area contributed by atoms with Crippen LogP contribution < -0.4 is 16.0 Å². The molecule has 2 heterocycles. The fourth-order valence-electron chi connectivity index (χ4n) is 13.8. The molecule has 3 N–H and O–H groups in total. The van der Waals surface area contributed by atoms with E-state index in [0.717, 1.165) is 50.1 Å². The summed E-state index contributed by atoms with van der Waals surface area (Å²) in [5, 5.41) is 8.04. The van der Waals surface area contributed by atoms with Gasteiger partial charge < -0.3 is 60.0 Å². The summed E-state index contributed by atoms with van der Waals surface area (Å²) in [7, 11) is 12.6. The van der Waals surface area contributed by atoms with Crippen LogP contribution in [0.4, 0.5) is 13.2 Å². The number of benzene rings is 2. The molecule has 4 fully saturated rings. The first-order valence-corrected chi connectivity index (χ1v) is 34.4. The number of aryl methyl sites for hydroxylation is 2. The molecule has 0 aromatic heterocycles. The predicted molar refractivity (Wildman–Crippen MR) is 361 cm³/mol. The second-order valence-corrected chi connectivity index (χ2v) is 28.5. The molecule has 2 aliphatic carbocycles. The lowest BCUT2D eigenvalue weighted by atomic mass is 9.90. The van der Waals surface area contributed by atoms with E-state index in [1.54, 1.807) is 19.1 Å². The van der Waals surface area contributed by atoms with Crippen LogP contribution in [0.3, 0.4) is 0 Å². The molecule has 4 aliphatic rings. The van der Waals surface area contributed by atoms with Gasteiger partial charge in [-0.3, -0.25) is 57.5 Å². The van der Waals surface area contributed by atoms with Crippen LogP contribution in [0.2, 0.25) is 5.02 Å². The highest BCUT2D eigenvalue weighted by Crippen LogP contribution is 2.38. The third kappa shape index (κ3) is 19.5. The number of halogens is 4. The lowest BCUT2D eigenvalue weighted by Gasteiger charge is -2.42. The van der Waals surface area contributed by atoms with E-state index in [2.05, 4.69) is 16.0 Å². The van der Waals surface area contributed by atoms with Crippen LogP contribution in [-0.4, -0.2) is 252 Å². The molecule has 1 unspecified atom stereocenters. The van der Waals surface area contributed by atoms with Gasteiger partial charge >= 0.3 is 6.18 Å². The number of carbonyl (C=O) groups excluding carboxylic acids is 12. The van der Waals surface area contributed by atoms with Crippen molar-refractivity contribution in [1.82, 2.24) is 60.0 Å². The Balaban J connectivity index is 1.43. The quantitative estimate of drug-likeness (QED) is 0.277. The lowest BCUT2D eigenvalue weighted by molar-refractivity contribution is -0.156. The Hall–Kier alpha value is -7.84. The first-order valence-electron chi connectivity index (χ1n) is 34.1. The maximum atomic E-state index is 15.5. The van der Waals surface area contributed by atoms with Crippen molar-refractivity contribution in [1.29, 1.82) is 0 Å². The molecule has 24 nitrogen and oxygen atoms in total. The van der Waals surface area contributed by atoms with Crippen molar-refractivity contribution in [3.8, 4) is 0 Å². The molecule has 2 aliphatic heterocycles. The maximum Gasteiger partial charge on any atom is 0.417 e. The van der Waals surface area contributed by atoms with E-state index in [4.69, 9.17) is 11.6 Å². The Morgan fingerprint density at radius 1 is 0.663 bits per heavy atom. The van der Waals surface area contributed by atoms with E-state index in [1.807, 2.05) is 39.8 Å². The van der Waals surface area contributed by atoms with Crippen molar-refractivity contribution in [2.24, 2.45) is 17.8 Å². The second kappa shape index (κ2) is 34.3. The first kappa shape index (κ1) is 79.1. The Bertz CT molecular complexity index is 3250. The summed E-state index contributed by atoms with van der Waals surface area (Å²) >= 11 is 6.14. The fraction of sp³-hybridized carbons (Fsp3) is 0.657. The van der Waals surface area contributed by atoms with Crippen LogP contribution in [0.1, 0.15) is 140 Å². The van der Waals surface area contributed by atoms with Crippen molar-refractivity contribution in [3.63, 3.8) is 0 Å². The van der Waals surface area contributed by atoms with E-state index >= 15 is 19.2 Å². The average Bonchev–Trinajstić information content (AvgIpc) is 1.52. The Morgan fingerprint density at radius 2 is 1.26 bits per heavy atom. The molecule has 0 radical (unpaired) electrons. The first-order chi connectivity index (χ1) is 45.9. The molecule has 0 bridgehead atoms. The number of hydrogen-bond acceptors (Lipinski definition) is 12. The van der Waals surface area contributed by atoms with Gasteiger partial charge in [-0.05, 0) is 106 Å². The van der Waals surface area contributed by atoms with Crippen LogP contribution in [0, 0.1) is 24.7 Å². The summed E-state index contributed by atoms with van der Waals surface area (Å²) in [6, 6.07) is 1.30. The molecule has 2 aromatic rings. The number of carbonyl (C=O) groups is 12. The number of hydrogen-bond donors (Lipinski definition) is 3. The second-order valence-electron chi connectivity index (χ2n) is 28.1. The lowest BCUT2D eigenvalue weighted by Crippen LogP contribution is -2.65. The summed E-state index contributed by atoms with van der Waals surface area (Å²) in [5.74, 6) is -9.37. The van der Waals surface area contributed by atoms with Gasteiger partial charge in [0.25, 0.3) is 0 Å². The monoisotopic (exact) mass is 1390 g/mol. The number of amides is 12. The third-order valence-corrected chi connectivity index (χ3v) is 20.5. The molecule has 8 atom stereocenters. The number of nitrogens with one attached hydrogen (secondary N) is 3. The summed E-state index contributed by atoms with van der Waals surface area (Å²) in [4.78, 5) is 188. The molecule has 542 valence electrons. The van der Waals surface area contributed by atoms with Crippen LogP contribution >= 0.6 is 11.6 Å². The third-order valence-electron chi connectivity index (χ3n) is 20.1. The molecular weight excluding hydrogens is 1290 g/mol. The van der Waals surface area contributed by atoms with Crippen molar-refractivity contribution in [3.05, 3.63) is 69.7 Å². The zero-order chi connectivity index (χ0) is 73.0. The molecule has 12 amide bonds. The zero-order valence-corrected chi connectivity index (χ0v) is 60.1. The van der Waals surface area contributed by atoms with E-state index < -0.39 is 173 Å². The zero-order valence-electron chi connectivity index (χ0n) is 59.4. The van der Waals surface area contributed by atoms with E-state index in [-0.39, 0.29) is 63.0 Å². The highest BCUT2D eigenvalue weighted by molar-refractivity contribution is 6.31. The highest BCUT2D eigenvalue weighted by Gasteiger charge is 2.51. The molecule has 6 rings (SSSR count). The average molecular weight is 1400 g/mol. The van der Waals surface area contributed by atoms with Crippen molar-refractivity contribution >= 4 is 82.5 Å². The van der Waals surface area contributed by atoms with Gasteiger partial charge in [-0.25, -0.2) is 0 Å². The molecule has 2 saturated carbocycles. The predicted octanol–water partition coefficient (Wildman–Crippen LogP) is 4.69. The standard InChI is InChI=1S/C70H102ClF3N12O12/c1-15-44(5)59-66(96)81(10)40-57(89)79(8)41-58(90)83(12)53(37-46-26-24-43(4)25-27-46)65(95)80(9)39-55(87)75-50(31-29-45-28-30-48(49(71)36-45)70(72,73)74)63(93)86-34-20-23-51(86)62(92)77-69(32-18-19-33-69)68(98)85(14)60(47-21-16-17-22-47)67(97)84(13)54(64(94)78(6)7)38-56(88)82(11)52(35-42(2)3)61(91)76-59/h24-28,30,36,42,44,47,50-54,59-60H,15-23,29,31-35,37-41H2,1-14H3,(H,75,87)(H,76,91)(H,77,92)/t44-,50-,51?,52-,53-,54-,59-,60-/m0/s1. The number of rotatable bonds is 11. The van der Waals surface area contributed by atoms with Gasteiger partial charge in [0, 0.05) is 76.4 Å². The van der Waals surface area contributed by atoms with Gasteiger partial charge in [0.2, 0.25) is 70.9 Å². The maximum absolute atomic E-state index is 15.5. The van der Waals surface area contributed by atoms with Gasteiger partial charge in [-0.2, -0.15) is 13.2 Å². The molecule has 28 heteroatoms. The largest absolute Gasteiger partial charge is 0.417 e. The van der Waals surface area contributed by atoms with Crippen molar-refractivity contribution < 1.29 is 70.7 Å². The molecule has 2 saturated heterocycles. The molecule has 1 spiro atoms. The number of likely N-dealkylation sites (N-methyl/N-ethyl adjacent to an activating group) is 8. The molecule has 2 aromatic carbocycles. The van der Waals surface area contributed by atoms with Crippen LogP contribution in [0.5, 0.6) is 0 Å². The van der Waals surface area contributed by atoms with Crippen LogP contribution in [0.15, 0.2) is 42.5 Å². The minimum Gasteiger partial charge on any atom is -0.347 e. The minimum absolute atomic E-state index is 0.0191.